The van der Waals surface area contributed by atoms with Crippen LogP contribution in [0, 0.1) is 19.7 Å². The molecule has 0 aliphatic carbocycles. The van der Waals surface area contributed by atoms with Crippen molar-refractivity contribution in [2.45, 2.75) is 31.6 Å². The van der Waals surface area contributed by atoms with Gasteiger partial charge in [0, 0.05) is 23.6 Å². The highest BCUT2D eigenvalue weighted by atomic mass is 32.2. The van der Waals surface area contributed by atoms with Crippen LogP contribution in [0.15, 0.2) is 41.3 Å². The smallest absolute Gasteiger partial charge is 0.229 e. The number of carbonyl (C=O) groups is 1. The molecule has 0 radical (unpaired) electrons. The number of hydrogen-bond acceptors (Lipinski definition) is 5. The van der Waals surface area contributed by atoms with Crippen molar-refractivity contribution < 1.29 is 9.18 Å². The predicted octanol–water partition coefficient (Wildman–Crippen LogP) is 5.52. The molecule has 0 fully saturated rings. The van der Waals surface area contributed by atoms with Crippen LogP contribution in [0.2, 0.25) is 0 Å². The summed E-state index contributed by atoms with van der Waals surface area (Å²) in [5, 5.41) is 0.772. The predicted molar refractivity (Wildman–Crippen MR) is 126 cm³/mol. The fourth-order valence-corrected chi connectivity index (χ4v) is 5.17. The Morgan fingerprint density at radius 2 is 1.87 bits per heavy atom. The van der Waals surface area contributed by atoms with Gasteiger partial charge in [-0.15, -0.1) is 11.8 Å². The highest BCUT2D eigenvalue weighted by Crippen LogP contribution is 2.32. The van der Waals surface area contributed by atoms with E-state index in [1.54, 1.807) is 35.2 Å². The van der Waals surface area contributed by atoms with E-state index in [0.717, 1.165) is 33.2 Å². The molecule has 4 nitrogen and oxygen atoms in total. The molecule has 30 heavy (non-hydrogen) atoms. The topological polar surface area (TPSA) is 36.4 Å². The fraction of sp³-hybridized carbons (Fsp3) is 0.391. The van der Waals surface area contributed by atoms with E-state index >= 15 is 0 Å². The standard InChI is InChI=1S/C23H28FN3OS2/c1-16-14-17(2)22-20(15-16)25-23(30-22)27(12-5-11-26(3)4)21(28)10-13-29-19-8-6-18(24)7-9-19/h6-9,14-15H,5,10-13H2,1-4H3. The SMILES string of the molecule is Cc1cc(C)c2sc(N(CCCN(C)C)C(=O)CCSc3ccc(F)cc3)nc2c1. The number of aromatic nitrogens is 1. The van der Waals surface area contributed by atoms with Crippen LogP contribution in [0.3, 0.4) is 0 Å². The third kappa shape index (κ3) is 6.03. The molecule has 0 atom stereocenters. The third-order valence-corrected chi connectivity index (χ3v) is 6.97. The quantitative estimate of drug-likeness (QED) is 0.407. The van der Waals surface area contributed by atoms with E-state index in [-0.39, 0.29) is 11.7 Å². The summed E-state index contributed by atoms with van der Waals surface area (Å²) < 4.78 is 14.2. The van der Waals surface area contributed by atoms with E-state index < -0.39 is 0 Å². The zero-order valence-electron chi connectivity index (χ0n) is 17.9. The highest BCUT2D eigenvalue weighted by molar-refractivity contribution is 7.99. The average Bonchev–Trinajstić information content (AvgIpc) is 3.10. The molecule has 0 aliphatic rings. The van der Waals surface area contributed by atoms with Crippen molar-refractivity contribution in [2.75, 3.05) is 37.8 Å². The molecular weight excluding hydrogens is 417 g/mol. The van der Waals surface area contributed by atoms with E-state index in [9.17, 15) is 9.18 Å². The van der Waals surface area contributed by atoms with Gasteiger partial charge in [0.05, 0.1) is 10.2 Å². The van der Waals surface area contributed by atoms with Crippen LogP contribution >= 0.6 is 23.1 Å². The molecule has 0 saturated heterocycles. The fourth-order valence-electron chi connectivity index (χ4n) is 3.27. The molecule has 0 N–H and O–H groups in total. The van der Waals surface area contributed by atoms with Gasteiger partial charge in [-0.1, -0.05) is 17.4 Å². The lowest BCUT2D eigenvalue weighted by Crippen LogP contribution is -2.33. The Hall–Kier alpha value is -1.96. The first-order chi connectivity index (χ1) is 14.3. The monoisotopic (exact) mass is 445 g/mol. The van der Waals surface area contributed by atoms with Crippen molar-refractivity contribution in [1.82, 2.24) is 9.88 Å². The van der Waals surface area contributed by atoms with Crippen LogP contribution < -0.4 is 4.90 Å². The van der Waals surface area contributed by atoms with Crippen molar-refractivity contribution in [3.63, 3.8) is 0 Å². The maximum absolute atomic E-state index is 13.1. The first-order valence-electron chi connectivity index (χ1n) is 10.0. The molecule has 160 valence electrons. The molecule has 1 amide bonds. The van der Waals surface area contributed by atoms with Crippen molar-refractivity contribution in [1.29, 1.82) is 0 Å². The Bertz CT molecular complexity index is 1000. The normalized spacial score (nSPS) is 11.4. The van der Waals surface area contributed by atoms with Crippen molar-refractivity contribution in [3.05, 3.63) is 53.3 Å². The molecule has 3 aromatic rings. The Labute approximate surface area is 186 Å². The summed E-state index contributed by atoms with van der Waals surface area (Å²) in [6.45, 7) is 5.72. The van der Waals surface area contributed by atoms with Crippen LogP contribution in [-0.4, -0.2) is 48.7 Å². The molecule has 7 heteroatoms. The second-order valence-corrected chi connectivity index (χ2v) is 9.83. The van der Waals surface area contributed by atoms with Crippen LogP contribution in [0.25, 0.3) is 10.2 Å². The second kappa shape index (κ2) is 10.4. The summed E-state index contributed by atoms with van der Waals surface area (Å²) >= 11 is 3.16. The summed E-state index contributed by atoms with van der Waals surface area (Å²) in [6, 6.07) is 10.6. The molecule has 2 aromatic carbocycles. The van der Waals surface area contributed by atoms with Crippen molar-refractivity contribution in [3.8, 4) is 0 Å². The van der Waals surface area contributed by atoms with Gasteiger partial charge in [-0.25, -0.2) is 9.37 Å². The van der Waals surface area contributed by atoms with Crippen molar-refractivity contribution >= 4 is 44.4 Å². The molecule has 1 aromatic heterocycles. The highest BCUT2D eigenvalue weighted by Gasteiger charge is 2.20. The number of thiazole rings is 1. The summed E-state index contributed by atoms with van der Waals surface area (Å²) in [5.74, 6) is 0.484. The molecule has 0 bridgehead atoms. The van der Waals surface area contributed by atoms with Gasteiger partial charge in [0.1, 0.15) is 5.82 Å². The lowest BCUT2D eigenvalue weighted by Gasteiger charge is -2.21. The van der Waals surface area contributed by atoms with E-state index in [1.807, 2.05) is 19.0 Å². The van der Waals surface area contributed by atoms with Crippen LogP contribution in [0.4, 0.5) is 9.52 Å². The number of carbonyl (C=O) groups excluding carboxylic acids is 1. The molecule has 1 heterocycles. The minimum Gasteiger partial charge on any atom is -0.309 e. The molecular formula is C23H28FN3OS2. The Kier molecular flexibility index (Phi) is 7.86. The van der Waals surface area contributed by atoms with Crippen molar-refractivity contribution in [2.24, 2.45) is 0 Å². The minimum absolute atomic E-state index is 0.0804. The Balaban J connectivity index is 1.73. The number of thioether (sulfide) groups is 1. The maximum atomic E-state index is 13.1. The molecule has 0 saturated carbocycles. The van der Waals surface area contributed by atoms with Gasteiger partial charge in [-0.2, -0.15) is 0 Å². The maximum Gasteiger partial charge on any atom is 0.229 e. The third-order valence-electron chi connectivity index (χ3n) is 4.73. The van der Waals surface area contributed by atoms with E-state index in [4.69, 9.17) is 4.98 Å². The average molecular weight is 446 g/mol. The van der Waals surface area contributed by atoms with Gasteiger partial charge in [0.15, 0.2) is 5.13 Å². The van der Waals surface area contributed by atoms with Crippen LogP contribution in [-0.2, 0) is 4.79 Å². The molecule has 0 spiro atoms. The van der Waals surface area contributed by atoms with Crippen LogP contribution in [0.1, 0.15) is 24.0 Å². The van der Waals surface area contributed by atoms with E-state index in [0.29, 0.717) is 18.7 Å². The van der Waals surface area contributed by atoms with Gasteiger partial charge in [-0.3, -0.25) is 9.69 Å². The number of hydrogen-bond donors (Lipinski definition) is 0. The van der Waals surface area contributed by atoms with Gasteiger partial charge >= 0.3 is 0 Å². The number of aryl methyl sites for hydroxylation is 2. The first-order valence-corrected chi connectivity index (χ1v) is 11.8. The van der Waals surface area contributed by atoms with Crippen LogP contribution in [0.5, 0.6) is 0 Å². The van der Waals surface area contributed by atoms with E-state index in [1.165, 1.54) is 23.3 Å². The van der Waals surface area contributed by atoms with E-state index in [2.05, 4.69) is 30.9 Å². The number of halogens is 1. The lowest BCUT2D eigenvalue weighted by molar-refractivity contribution is -0.118. The Morgan fingerprint density at radius 3 is 2.57 bits per heavy atom. The number of amides is 1. The largest absolute Gasteiger partial charge is 0.309 e. The molecule has 3 rings (SSSR count). The lowest BCUT2D eigenvalue weighted by atomic mass is 10.1. The van der Waals surface area contributed by atoms with Gasteiger partial charge in [-0.05, 0) is 82.4 Å². The molecule has 0 aliphatic heterocycles. The Morgan fingerprint density at radius 1 is 1.13 bits per heavy atom. The number of nitrogens with zero attached hydrogens (tertiary/aromatic N) is 3. The van der Waals surface area contributed by atoms with Gasteiger partial charge in [0.2, 0.25) is 5.91 Å². The second-order valence-electron chi connectivity index (χ2n) is 7.68. The molecule has 0 unspecified atom stereocenters. The number of rotatable bonds is 9. The van der Waals surface area contributed by atoms with Gasteiger partial charge < -0.3 is 4.90 Å². The summed E-state index contributed by atoms with van der Waals surface area (Å²) in [4.78, 5) is 22.8. The zero-order chi connectivity index (χ0) is 21.7. The number of anilines is 1. The zero-order valence-corrected chi connectivity index (χ0v) is 19.6. The summed E-state index contributed by atoms with van der Waals surface area (Å²) in [6.07, 6.45) is 1.30. The number of benzene rings is 2. The summed E-state index contributed by atoms with van der Waals surface area (Å²) in [7, 11) is 4.07. The number of fused-ring (bicyclic) bond motifs is 1. The minimum atomic E-state index is -0.246. The van der Waals surface area contributed by atoms with Gasteiger partial charge in [0.25, 0.3) is 0 Å². The summed E-state index contributed by atoms with van der Waals surface area (Å²) in [5.41, 5.74) is 3.33. The first kappa shape index (κ1) is 22.7.